The second kappa shape index (κ2) is 9.33. The summed E-state index contributed by atoms with van der Waals surface area (Å²) in [6, 6.07) is 8.21. The number of hydrazone groups is 1. The lowest BCUT2D eigenvalue weighted by Crippen LogP contribution is -2.17. The van der Waals surface area contributed by atoms with E-state index in [9.17, 15) is 4.79 Å². The third kappa shape index (κ3) is 4.60. The molecule has 2 aromatic rings. The monoisotopic (exact) mass is 374 g/mol. The van der Waals surface area contributed by atoms with Crippen molar-refractivity contribution >= 4 is 12.1 Å². The topological polar surface area (TPSA) is 87.6 Å². The van der Waals surface area contributed by atoms with E-state index >= 15 is 0 Å². The Morgan fingerprint density at radius 3 is 1.93 bits per heavy atom. The number of ether oxygens (including phenoxy) is 5. The van der Waals surface area contributed by atoms with E-state index in [0.717, 1.165) is 0 Å². The van der Waals surface area contributed by atoms with Gasteiger partial charge < -0.3 is 23.7 Å². The van der Waals surface area contributed by atoms with Gasteiger partial charge in [-0.2, -0.15) is 5.10 Å². The van der Waals surface area contributed by atoms with Gasteiger partial charge in [-0.3, -0.25) is 4.79 Å². The quantitative estimate of drug-likeness (QED) is 0.564. The van der Waals surface area contributed by atoms with Crippen molar-refractivity contribution in [3.05, 3.63) is 41.5 Å². The number of methoxy groups -OCH3 is 5. The maximum atomic E-state index is 12.3. The molecule has 0 spiro atoms. The van der Waals surface area contributed by atoms with E-state index in [4.69, 9.17) is 23.7 Å². The maximum absolute atomic E-state index is 12.3. The van der Waals surface area contributed by atoms with Crippen LogP contribution >= 0.6 is 0 Å². The number of carbonyl (C=O) groups excluding carboxylic acids is 1. The first kappa shape index (κ1) is 19.9. The fraction of sp³-hybridized carbons (Fsp3) is 0.263. The van der Waals surface area contributed by atoms with Gasteiger partial charge in [-0.15, -0.1) is 0 Å². The van der Waals surface area contributed by atoms with Crippen LogP contribution in [-0.2, 0) is 0 Å². The van der Waals surface area contributed by atoms with E-state index in [2.05, 4.69) is 10.5 Å². The Labute approximate surface area is 157 Å². The van der Waals surface area contributed by atoms with Gasteiger partial charge in [0.05, 0.1) is 47.3 Å². The predicted molar refractivity (Wildman–Crippen MR) is 101 cm³/mol. The smallest absolute Gasteiger partial charge is 0.271 e. The molecule has 0 aliphatic rings. The molecule has 2 aromatic carbocycles. The van der Waals surface area contributed by atoms with Crippen LogP contribution in [-0.4, -0.2) is 47.7 Å². The Kier molecular flexibility index (Phi) is 6.87. The number of nitrogens with one attached hydrogen (secondary N) is 1. The molecule has 0 radical (unpaired) electrons. The highest BCUT2D eigenvalue weighted by molar-refractivity contribution is 5.96. The number of hydrogen-bond donors (Lipinski definition) is 1. The SMILES string of the molecule is COc1cc(OC)c(/C=N\NC(=O)c2ccc(OC)c(OC)c2)c(OC)c1. The summed E-state index contributed by atoms with van der Waals surface area (Å²) >= 11 is 0. The molecule has 1 N–H and O–H groups in total. The van der Waals surface area contributed by atoms with E-state index < -0.39 is 5.91 Å². The lowest BCUT2D eigenvalue weighted by molar-refractivity contribution is 0.0954. The molecule has 0 aliphatic heterocycles. The summed E-state index contributed by atoms with van der Waals surface area (Å²) in [7, 11) is 7.62. The Bertz CT molecular complexity index is 810. The van der Waals surface area contributed by atoms with Gasteiger partial charge in [-0.1, -0.05) is 0 Å². The zero-order valence-corrected chi connectivity index (χ0v) is 15.9. The van der Waals surface area contributed by atoms with Gasteiger partial charge in [0.25, 0.3) is 5.91 Å². The molecule has 1 amide bonds. The summed E-state index contributed by atoms with van der Waals surface area (Å²) in [4.78, 5) is 12.3. The van der Waals surface area contributed by atoms with Crippen LogP contribution in [0, 0.1) is 0 Å². The summed E-state index contributed by atoms with van der Waals surface area (Å²) in [5, 5.41) is 3.99. The summed E-state index contributed by atoms with van der Waals surface area (Å²) in [6.07, 6.45) is 1.44. The number of rotatable bonds is 8. The lowest BCUT2D eigenvalue weighted by atomic mass is 10.2. The average Bonchev–Trinajstić information content (AvgIpc) is 2.72. The van der Waals surface area contributed by atoms with E-state index in [0.29, 0.717) is 39.9 Å². The van der Waals surface area contributed by atoms with Gasteiger partial charge >= 0.3 is 0 Å². The molecule has 0 atom stereocenters. The number of amides is 1. The van der Waals surface area contributed by atoms with E-state index in [-0.39, 0.29) is 0 Å². The van der Waals surface area contributed by atoms with Gasteiger partial charge in [-0.25, -0.2) is 5.43 Å². The summed E-state index contributed by atoms with van der Waals surface area (Å²) in [5.41, 5.74) is 3.40. The number of hydrogen-bond acceptors (Lipinski definition) is 7. The van der Waals surface area contributed by atoms with Gasteiger partial charge in [0.2, 0.25) is 0 Å². The molecule has 2 rings (SSSR count). The van der Waals surface area contributed by atoms with Crippen LogP contribution in [0.25, 0.3) is 0 Å². The third-order valence-electron chi connectivity index (χ3n) is 3.76. The molecule has 0 bridgehead atoms. The fourth-order valence-electron chi connectivity index (χ4n) is 2.36. The van der Waals surface area contributed by atoms with Crippen molar-refractivity contribution in [1.82, 2.24) is 5.43 Å². The van der Waals surface area contributed by atoms with Gasteiger partial charge in [-0.05, 0) is 18.2 Å². The molecule has 8 heteroatoms. The standard InChI is InChI=1S/C19H22N2O6/c1-23-13-9-16(25-3)14(17(10-13)26-4)11-20-21-19(22)12-6-7-15(24-2)18(8-12)27-5/h6-11H,1-5H3,(H,21,22)/b20-11-. The third-order valence-corrected chi connectivity index (χ3v) is 3.76. The number of carbonyl (C=O) groups is 1. The van der Waals surface area contributed by atoms with Crippen LogP contribution in [0.3, 0.4) is 0 Å². The second-order valence-corrected chi connectivity index (χ2v) is 5.21. The van der Waals surface area contributed by atoms with Crippen molar-refractivity contribution in [1.29, 1.82) is 0 Å². The Morgan fingerprint density at radius 1 is 0.815 bits per heavy atom. The summed E-state index contributed by atoms with van der Waals surface area (Å²) < 4.78 is 26.2. The van der Waals surface area contributed by atoms with Crippen molar-refractivity contribution < 1.29 is 28.5 Å². The molecule has 0 saturated carbocycles. The Balaban J connectivity index is 2.21. The van der Waals surface area contributed by atoms with Gasteiger partial charge in [0.1, 0.15) is 17.2 Å². The molecule has 144 valence electrons. The molecule has 0 heterocycles. The van der Waals surface area contributed by atoms with Crippen LogP contribution in [0.15, 0.2) is 35.4 Å². The van der Waals surface area contributed by atoms with Crippen molar-refractivity contribution in [3.8, 4) is 28.7 Å². The molecular formula is C19H22N2O6. The van der Waals surface area contributed by atoms with Gasteiger partial charge in [0.15, 0.2) is 11.5 Å². The highest BCUT2D eigenvalue weighted by Gasteiger charge is 2.13. The molecule has 0 unspecified atom stereocenters. The summed E-state index contributed by atoms with van der Waals surface area (Å²) in [5.74, 6) is 2.15. The zero-order chi connectivity index (χ0) is 19.8. The molecule has 0 aromatic heterocycles. The van der Waals surface area contributed by atoms with Crippen LogP contribution in [0.1, 0.15) is 15.9 Å². The highest BCUT2D eigenvalue weighted by Crippen LogP contribution is 2.32. The molecule has 0 fully saturated rings. The highest BCUT2D eigenvalue weighted by atomic mass is 16.5. The molecule has 8 nitrogen and oxygen atoms in total. The lowest BCUT2D eigenvalue weighted by Gasteiger charge is -2.12. The average molecular weight is 374 g/mol. The van der Waals surface area contributed by atoms with E-state index in [1.807, 2.05) is 0 Å². The molecule has 0 aliphatic carbocycles. The van der Waals surface area contributed by atoms with Crippen LogP contribution in [0.5, 0.6) is 28.7 Å². The van der Waals surface area contributed by atoms with E-state index in [1.54, 1.807) is 37.4 Å². The zero-order valence-electron chi connectivity index (χ0n) is 15.9. The van der Waals surface area contributed by atoms with Crippen LogP contribution < -0.4 is 29.1 Å². The molecule has 0 saturated heterocycles. The first-order valence-electron chi connectivity index (χ1n) is 7.93. The summed E-state index contributed by atoms with van der Waals surface area (Å²) in [6.45, 7) is 0. The Hall–Kier alpha value is -3.42. The fourth-order valence-corrected chi connectivity index (χ4v) is 2.36. The molecule has 27 heavy (non-hydrogen) atoms. The predicted octanol–water partition coefficient (Wildman–Crippen LogP) is 2.49. The minimum atomic E-state index is -0.404. The van der Waals surface area contributed by atoms with Crippen molar-refractivity contribution in [3.63, 3.8) is 0 Å². The van der Waals surface area contributed by atoms with Gasteiger partial charge in [0, 0.05) is 17.7 Å². The minimum absolute atomic E-state index is 0.374. The molecular weight excluding hydrogens is 352 g/mol. The maximum Gasteiger partial charge on any atom is 0.271 e. The first-order valence-corrected chi connectivity index (χ1v) is 7.93. The van der Waals surface area contributed by atoms with Crippen molar-refractivity contribution in [2.24, 2.45) is 5.10 Å². The number of benzene rings is 2. The first-order chi connectivity index (χ1) is 13.1. The largest absolute Gasteiger partial charge is 0.496 e. The Morgan fingerprint density at radius 2 is 1.41 bits per heavy atom. The van der Waals surface area contributed by atoms with Crippen molar-refractivity contribution in [2.75, 3.05) is 35.5 Å². The van der Waals surface area contributed by atoms with E-state index in [1.165, 1.54) is 34.7 Å². The normalized spacial score (nSPS) is 10.4. The number of nitrogens with zero attached hydrogens (tertiary/aromatic N) is 1. The van der Waals surface area contributed by atoms with Crippen LogP contribution in [0.4, 0.5) is 0 Å². The van der Waals surface area contributed by atoms with Crippen LogP contribution in [0.2, 0.25) is 0 Å². The minimum Gasteiger partial charge on any atom is -0.496 e. The van der Waals surface area contributed by atoms with Crippen molar-refractivity contribution in [2.45, 2.75) is 0 Å². The second-order valence-electron chi connectivity index (χ2n) is 5.21.